The van der Waals surface area contributed by atoms with Crippen molar-refractivity contribution in [2.24, 2.45) is 5.92 Å². The zero-order valence-electron chi connectivity index (χ0n) is 12.7. The summed E-state index contributed by atoms with van der Waals surface area (Å²) in [6.07, 6.45) is 15.1. The summed E-state index contributed by atoms with van der Waals surface area (Å²) in [4.78, 5) is 2.61. The monoisotopic (exact) mass is 262 g/mol. The largest absolute Gasteiger partial charge is 0.311 e. The highest BCUT2D eigenvalue weighted by Crippen LogP contribution is 2.29. The predicted octanol–water partition coefficient (Wildman–Crippen LogP) is 3.03. The first-order valence-corrected chi connectivity index (χ1v) is 8.25. The number of hydrogen-bond donors (Lipinski definition) is 1. The first-order chi connectivity index (χ1) is 9.30. The Morgan fingerprint density at radius 1 is 1.26 bits per heavy atom. The molecule has 1 saturated carbocycles. The van der Waals surface area contributed by atoms with Crippen molar-refractivity contribution in [3.05, 3.63) is 0 Å². The molecule has 2 aliphatic rings. The molecule has 2 nitrogen and oxygen atoms in total. The molecule has 0 aromatic heterocycles. The Labute approximate surface area is 119 Å². The van der Waals surface area contributed by atoms with Gasteiger partial charge in [-0.15, -0.1) is 6.42 Å². The van der Waals surface area contributed by atoms with E-state index in [0.29, 0.717) is 18.1 Å². The average Bonchev–Trinajstić information content (AvgIpc) is 2.49. The molecule has 0 bridgehead atoms. The van der Waals surface area contributed by atoms with Gasteiger partial charge in [0.2, 0.25) is 0 Å². The van der Waals surface area contributed by atoms with Crippen molar-refractivity contribution in [3.63, 3.8) is 0 Å². The molecule has 2 rings (SSSR count). The summed E-state index contributed by atoms with van der Waals surface area (Å²) in [5.41, 5.74) is 0. The van der Waals surface area contributed by atoms with Crippen molar-refractivity contribution in [1.82, 2.24) is 10.2 Å². The molecule has 2 heteroatoms. The smallest absolute Gasteiger partial charge is 0.0712 e. The standard InChI is InChI=1S/C17H30N2/c1-4-15(5-2)19-13-17(18-12-16(19)6-3)14-10-8-7-9-11-14/h1,14-18H,5-13H2,2-3H3. The highest BCUT2D eigenvalue weighted by molar-refractivity contribution is 5.04. The lowest BCUT2D eigenvalue weighted by molar-refractivity contribution is 0.0733. The van der Waals surface area contributed by atoms with Crippen molar-refractivity contribution in [1.29, 1.82) is 0 Å². The summed E-state index contributed by atoms with van der Waals surface area (Å²) in [5, 5.41) is 3.81. The topological polar surface area (TPSA) is 15.3 Å². The number of hydrogen-bond acceptors (Lipinski definition) is 2. The van der Waals surface area contributed by atoms with Gasteiger partial charge in [-0.25, -0.2) is 0 Å². The fraction of sp³-hybridized carbons (Fsp3) is 0.882. The van der Waals surface area contributed by atoms with Crippen molar-refractivity contribution in [3.8, 4) is 12.3 Å². The van der Waals surface area contributed by atoms with E-state index >= 15 is 0 Å². The second-order valence-electron chi connectivity index (χ2n) is 6.26. The van der Waals surface area contributed by atoms with Crippen LogP contribution in [0.25, 0.3) is 0 Å². The van der Waals surface area contributed by atoms with Gasteiger partial charge in [0.1, 0.15) is 0 Å². The van der Waals surface area contributed by atoms with Crippen LogP contribution >= 0.6 is 0 Å². The third-order valence-corrected chi connectivity index (χ3v) is 5.16. The molecular formula is C17H30N2. The second-order valence-corrected chi connectivity index (χ2v) is 6.26. The third-order valence-electron chi connectivity index (χ3n) is 5.16. The first-order valence-electron chi connectivity index (χ1n) is 8.25. The molecule has 1 N–H and O–H groups in total. The lowest BCUT2D eigenvalue weighted by Gasteiger charge is -2.45. The second kappa shape index (κ2) is 7.31. The maximum absolute atomic E-state index is 5.74. The van der Waals surface area contributed by atoms with E-state index in [0.717, 1.165) is 25.4 Å². The quantitative estimate of drug-likeness (QED) is 0.784. The number of nitrogens with zero attached hydrogens (tertiary/aromatic N) is 1. The van der Waals surface area contributed by atoms with Crippen LogP contribution in [0.2, 0.25) is 0 Å². The molecule has 0 spiro atoms. The van der Waals surface area contributed by atoms with Crippen LogP contribution in [0.4, 0.5) is 0 Å². The zero-order valence-corrected chi connectivity index (χ0v) is 12.7. The molecule has 1 aliphatic heterocycles. The molecule has 108 valence electrons. The molecule has 1 heterocycles. The molecule has 19 heavy (non-hydrogen) atoms. The highest BCUT2D eigenvalue weighted by Gasteiger charge is 2.34. The normalized spacial score (nSPS) is 31.8. The Kier molecular flexibility index (Phi) is 5.73. The van der Waals surface area contributed by atoms with Crippen LogP contribution < -0.4 is 5.32 Å². The van der Waals surface area contributed by atoms with Gasteiger partial charge in [0.05, 0.1) is 6.04 Å². The van der Waals surface area contributed by atoms with Crippen LogP contribution in [-0.4, -0.2) is 36.1 Å². The van der Waals surface area contributed by atoms with Crippen molar-refractivity contribution in [2.45, 2.75) is 76.9 Å². The Balaban J connectivity index is 2.00. The summed E-state index contributed by atoms with van der Waals surface area (Å²) in [6, 6.07) is 1.63. The third kappa shape index (κ3) is 3.52. The summed E-state index contributed by atoms with van der Waals surface area (Å²) >= 11 is 0. The van der Waals surface area contributed by atoms with Gasteiger partial charge in [-0.3, -0.25) is 4.90 Å². The van der Waals surface area contributed by atoms with Crippen LogP contribution in [0, 0.1) is 18.3 Å². The minimum atomic E-state index is 0.332. The van der Waals surface area contributed by atoms with E-state index in [9.17, 15) is 0 Å². The van der Waals surface area contributed by atoms with Gasteiger partial charge >= 0.3 is 0 Å². The average molecular weight is 262 g/mol. The summed E-state index contributed by atoms with van der Waals surface area (Å²) in [7, 11) is 0. The fourth-order valence-electron chi connectivity index (χ4n) is 3.91. The number of terminal acetylenes is 1. The maximum atomic E-state index is 5.74. The number of piperazine rings is 1. The van der Waals surface area contributed by atoms with Gasteiger partial charge in [-0.05, 0) is 31.6 Å². The molecule has 0 aromatic carbocycles. The van der Waals surface area contributed by atoms with Gasteiger partial charge in [0.15, 0.2) is 0 Å². The molecular weight excluding hydrogens is 232 g/mol. The van der Waals surface area contributed by atoms with E-state index in [-0.39, 0.29) is 0 Å². The van der Waals surface area contributed by atoms with E-state index in [1.165, 1.54) is 38.5 Å². The molecule has 1 aliphatic carbocycles. The molecule has 0 radical (unpaired) electrons. The molecule has 2 fully saturated rings. The summed E-state index contributed by atoms with van der Waals surface area (Å²) in [5.74, 6) is 3.89. The number of nitrogens with one attached hydrogen (secondary N) is 1. The minimum Gasteiger partial charge on any atom is -0.311 e. The lowest BCUT2D eigenvalue weighted by atomic mass is 9.82. The van der Waals surface area contributed by atoms with Crippen molar-refractivity contribution in [2.75, 3.05) is 13.1 Å². The highest BCUT2D eigenvalue weighted by atomic mass is 15.3. The number of rotatable bonds is 4. The minimum absolute atomic E-state index is 0.332. The molecule has 3 atom stereocenters. The molecule has 3 unspecified atom stereocenters. The van der Waals surface area contributed by atoms with Crippen LogP contribution in [0.15, 0.2) is 0 Å². The summed E-state index contributed by atoms with van der Waals surface area (Å²) < 4.78 is 0. The Bertz CT molecular complexity index is 301. The Morgan fingerprint density at radius 3 is 2.58 bits per heavy atom. The van der Waals surface area contributed by atoms with E-state index in [1.54, 1.807) is 0 Å². The SMILES string of the molecule is C#CC(CC)N1CC(C2CCCCC2)NCC1CC. The van der Waals surface area contributed by atoms with E-state index in [4.69, 9.17) is 6.42 Å². The van der Waals surface area contributed by atoms with E-state index in [1.807, 2.05) is 0 Å². The Morgan fingerprint density at radius 2 is 2.00 bits per heavy atom. The van der Waals surface area contributed by atoms with Crippen LogP contribution in [-0.2, 0) is 0 Å². The van der Waals surface area contributed by atoms with Crippen LogP contribution in [0.1, 0.15) is 58.8 Å². The Hall–Kier alpha value is -0.520. The van der Waals surface area contributed by atoms with Gasteiger partial charge in [0.25, 0.3) is 0 Å². The lowest BCUT2D eigenvalue weighted by Crippen LogP contribution is -2.61. The van der Waals surface area contributed by atoms with Gasteiger partial charge in [0, 0.05) is 25.2 Å². The molecule has 1 saturated heterocycles. The first kappa shape index (κ1) is 14.9. The van der Waals surface area contributed by atoms with Crippen LogP contribution in [0.3, 0.4) is 0 Å². The fourth-order valence-corrected chi connectivity index (χ4v) is 3.91. The molecule has 0 amide bonds. The van der Waals surface area contributed by atoms with E-state index in [2.05, 4.69) is 30.0 Å². The van der Waals surface area contributed by atoms with E-state index < -0.39 is 0 Å². The van der Waals surface area contributed by atoms with Gasteiger partial charge in [-0.1, -0.05) is 39.0 Å². The summed E-state index contributed by atoms with van der Waals surface area (Å²) in [6.45, 7) is 6.78. The van der Waals surface area contributed by atoms with Crippen LogP contribution in [0.5, 0.6) is 0 Å². The zero-order chi connectivity index (χ0) is 13.7. The van der Waals surface area contributed by atoms with Gasteiger partial charge < -0.3 is 5.32 Å². The van der Waals surface area contributed by atoms with Gasteiger partial charge in [-0.2, -0.15) is 0 Å². The maximum Gasteiger partial charge on any atom is 0.0712 e. The van der Waals surface area contributed by atoms with Crippen molar-refractivity contribution < 1.29 is 0 Å². The predicted molar refractivity (Wildman–Crippen MR) is 82.1 cm³/mol. The molecule has 0 aromatic rings. The van der Waals surface area contributed by atoms with Crippen molar-refractivity contribution >= 4 is 0 Å².